The summed E-state index contributed by atoms with van der Waals surface area (Å²) in [5.41, 5.74) is 1.60. The van der Waals surface area contributed by atoms with Crippen molar-refractivity contribution in [3.05, 3.63) is 102 Å². The SMILES string of the molecule is FC(F)(F)c1ccc(B2OC(c3ccccc3)(c3ccccc3)C3CCCN23)cc1. The molecule has 30 heavy (non-hydrogen) atoms. The maximum Gasteiger partial charge on any atom is 0.419 e. The summed E-state index contributed by atoms with van der Waals surface area (Å²) in [6.07, 6.45) is -2.34. The molecule has 2 aliphatic heterocycles. The van der Waals surface area contributed by atoms with Crippen molar-refractivity contribution in [2.75, 3.05) is 6.54 Å². The summed E-state index contributed by atoms with van der Waals surface area (Å²) in [6, 6.07) is 25.8. The standard InChI is InChI=1S/C24H21BF3NO/c26-24(27,28)20-13-15-21(16-14-20)25-29-17-7-12-22(29)23(30-25,18-8-3-1-4-9-18)19-10-5-2-6-11-19/h1-6,8-11,13-16,22H,7,12,17H2. The molecule has 0 saturated carbocycles. The Morgan fingerprint density at radius 1 is 0.833 bits per heavy atom. The average Bonchev–Trinajstić information content (AvgIpc) is 3.37. The van der Waals surface area contributed by atoms with E-state index in [2.05, 4.69) is 29.1 Å². The van der Waals surface area contributed by atoms with Gasteiger partial charge in [-0.2, -0.15) is 13.2 Å². The smallest absolute Gasteiger partial charge is 0.402 e. The molecule has 2 saturated heterocycles. The van der Waals surface area contributed by atoms with E-state index in [1.165, 1.54) is 0 Å². The van der Waals surface area contributed by atoms with Gasteiger partial charge in [-0.1, -0.05) is 84.9 Å². The molecule has 152 valence electrons. The zero-order chi connectivity index (χ0) is 20.8. The summed E-state index contributed by atoms with van der Waals surface area (Å²) in [5.74, 6) is 0. The Morgan fingerprint density at radius 3 is 1.93 bits per heavy atom. The van der Waals surface area contributed by atoms with Crippen molar-refractivity contribution in [1.82, 2.24) is 4.81 Å². The van der Waals surface area contributed by atoms with Gasteiger partial charge in [-0.15, -0.1) is 0 Å². The molecule has 1 unspecified atom stereocenters. The van der Waals surface area contributed by atoms with Crippen LogP contribution in [0.25, 0.3) is 0 Å². The monoisotopic (exact) mass is 407 g/mol. The molecular weight excluding hydrogens is 386 g/mol. The second-order valence-corrected chi connectivity index (χ2v) is 7.95. The van der Waals surface area contributed by atoms with E-state index in [0.29, 0.717) is 0 Å². The van der Waals surface area contributed by atoms with Crippen molar-refractivity contribution in [2.24, 2.45) is 0 Å². The van der Waals surface area contributed by atoms with Gasteiger partial charge in [0.25, 0.3) is 0 Å². The lowest BCUT2D eigenvalue weighted by Crippen LogP contribution is -2.45. The number of benzene rings is 3. The van der Waals surface area contributed by atoms with Crippen molar-refractivity contribution in [1.29, 1.82) is 0 Å². The van der Waals surface area contributed by atoms with E-state index >= 15 is 0 Å². The van der Waals surface area contributed by atoms with E-state index in [0.717, 1.165) is 48.1 Å². The number of nitrogens with zero attached hydrogens (tertiary/aromatic N) is 1. The molecule has 3 aromatic rings. The molecule has 0 amide bonds. The predicted octanol–water partition coefficient (Wildman–Crippen LogP) is 4.84. The van der Waals surface area contributed by atoms with Crippen molar-refractivity contribution in [3.8, 4) is 0 Å². The van der Waals surface area contributed by atoms with Crippen LogP contribution in [-0.2, 0) is 16.4 Å². The van der Waals surface area contributed by atoms with Crippen LogP contribution in [-0.4, -0.2) is 24.4 Å². The fraction of sp³-hybridized carbons (Fsp3) is 0.250. The summed E-state index contributed by atoms with van der Waals surface area (Å²) in [6.45, 7) is 0.859. The van der Waals surface area contributed by atoms with Gasteiger partial charge in [0.15, 0.2) is 0 Å². The number of alkyl halides is 3. The minimum Gasteiger partial charge on any atom is -0.402 e. The Hall–Kier alpha value is -2.57. The lowest BCUT2D eigenvalue weighted by atomic mass is 9.72. The molecule has 0 bridgehead atoms. The van der Waals surface area contributed by atoms with E-state index in [1.54, 1.807) is 12.1 Å². The van der Waals surface area contributed by atoms with Crippen molar-refractivity contribution in [3.63, 3.8) is 0 Å². The highest BCUT2D eigenvalue weighted by Gasteiger charge is 2.58. The predicted molar refractivity (Wildman–Crippen MR) is 111 cm³/mol. The highest BCUT2D eigenvalue weighted by Crippen LogP contribution is 2.48. The van der Waals surface area contributed by atoms with Crippen molar-refractivity contribution >= 4 is 12.5 Å². The Bertz CT molecular complexity index is 969. The third kappa shape index (κ3) is 3.06. The Labute approximate surface area is 174 Å². The van der Waals surface area contributed by atoms with E-state index in [1.807, 2.05) is 36.4 Å². The molecule has 2 nitrogen and oxygen atoms in total. The summed E-state index contributed by atoms with van der Waals surface area (Å²) >= 11 is 0. The van der Waals surface area contributed by atoms with Crippen LogP contribution in [0.4, 0.5) is 13.2 Å². The van der Waals surface area contributed by atoms with Gasteiger partial charge >= 0.3 is 13.2 Å². The lowest BCUT2D eigenvalue weighted by Gasteiger charge is -2.36. The van der Waals surface area contributed by atoms with E-state index < -0.39 is 17.3 Å². The van der Waals surface area contributed by atoms with Crippen LogP contribution >= 0.6 is 0 Å². The number of halogens is 3. The first-order valence-corrected chi connectivity index (χ1v) is 10.2. The zero-order valence-electron chi connectivity index (χ0n) is 16.3. The maximum atomic E-state index is 13.0. The molecule has 3 aromatic carbocycles. The van der Waals surface area contributed by atoms with Crippen molar-refractivity contribution < 1.29 is 17.8 Å². The average molecular weight is 407 g/mol. The Morgan fingerprint density at radius 2 is 1.40 bits per heavy atom. The Kier molecular flexibility index (Phi) is 4.71. The number of hydrogen-bond donors (Lipinski definition) is 0. The molecular formula is C24H21BF3NO. The fourth-order valence-electron chi connectivity index (χ4n) is 4.98. The molecule has 0 aliphatic carbocycles. The van der Waals surface area contributed by atoms with E-state index in [9.17, 15) is 13.2 Å². The Balaban J connectivity index is 1.61. The lowest BCUT2D eigenvalue weighted by molar-refractivity contribution is -0.137. The largest absolute Gasteiger partial charge is 0.419 e. The first kappa shape index (κ1) is 19.4. The quantitative estimate of drug-likeness (QED) is 0.577. The molecule has 0 N–H and O–H groups in total. The molecule has 0 spiro atoms. The van der Waals surface area contributed by atoms with Gasteiger partial charge in [0.05, 0.1) is 5.56 Å². The maximum absolute atomic E-state index is 13.0. The van der Waals surface area contributed by atoms with Crippen LogP contribution in [0.15, 0.2) is 84.9 Å². The molecule has 5 rings (SSSR count). The summed E-state index contributed by atoms with van der Waals surface area (Å²) in [7, 11) is -0.389. The zero-order valence-corrected chi connectivity index (χ0v) is 16.3. The van der Waals surface area contributed by atoms with E-state index in [4.69, 9.17) is 4.65 Å². The molecule has 0 aromatic heterocycles. The normalized spacial score (nSPS) is 21.0. The van der Waals surface area contributed by atoms with Crippen LogP contribution in [0.2, 0.25) is 0 Å². The number of hydrogen-bond acceptors (Lipinski definition) is 2. The van der Waals surface area contributed by atoms with Gasteiger partial charge in [-0.25, -0.2) is 0 Å². The van der Waals surface area contributed by atoms with Gasteiger partial charge in [0.1, 0.15) is 5.60 Å². The van der Waals surface area contributed by atoms with Crippen LogP contribution in [0, 0.1) is 0 Å². The molecule has 2 heterocycles. The summed E-state index contributed by atoms with van der Waals surface area (Å²) < 4.78 is 46.0. The van der Waals surface area contributed by atoms with Gasteiger partial charge in [0, 0.05) is 6.04 Å². The molecule has 0 radical (unpaired) electrons. The van der Waals surface area contributed by atoms with Crippen LogP contribution in [0.3, 0.4) is 0 Å². The van der Waals surface area contributed by atoms with E-state index in [-0.39, 0.29) is 13.1 Å². The third-order valence-electron chi connectivity index (χ3n) is 6.29. The van der Waals surface area contributed by atoms with Crippen LogP contribution in [0.1, 0.15) is 29.5 Å². The third-order valence-corrected chi connectivity index (χ3v) is 6.29. The minimum atomic E-state index is -4.34. The second-order valence-electron chi connectivity index (χ2n) is 7.95. The molecule has 1 atom stereocenters. The van der Waals surface area contributed by atoms with Gasteiger partial charge in [-0.3, -0.25) is 0 Å². The summed E-state index contributed by atoms with van der Waals surface area (Å²) in [4.78, 5) is 2.31. The summed E-state index contributed by atoms with van der Waals surface area (Å²) in [5, 5.41) is 0. The first-order valence-electron chi connectivity index (χ1n) is 10.2. The minimum absolute atomic E-state index is 0.120. The second kappa shape index (κ2) is 7.29. The van der Waals surface area contributed by atoms with Gasteiger partial charge < -0.3 is 9.47 Å². The molecule has 2 fully saturated rings. The van der Waals surface area contributed by atoms with Gasteiger partial charge in [0.2, 0.25) is 0 Å². The fourth-order valence-corrected chi connectivity index (χ4v) is 4.98. The number of rotatable bonds is 3. The number of fused-ring (bicyclic) bond motifs is 1. The van der Waals surface area contributed by atoms with Crippen molar-refractivity contribution in [2.45, 2.75) is 30.7 Å². The molecule has 2 aliphatic rings. The van der Waals surface area contributed by atoms with Crippen LogP contribution in [0.5, 0.6) is 0 Å². The topological polar surface area (TPSA) is 12.5 Å². The molecule has 6 heteroatoms. The first-order chi connectivity index (χ1) is 14.5. The highest BCUT2D eigenvalue weighted by atomic mass is 19.4. The van der Waals surface area contributed by atoms with Crippen LogP contribution < -0.4 is 5.46 Å². The highest BCUT2D eigenvalue weighted by molar-refractivity contribution is 6.65. The van der Waals surface area contributed by atoms with Gasteiger partial charge in [-0.05, 0) is 36.0 Å².